The van der Waals surface area contributed by atoms with E-state index < -0.39 is 0 Å². The van der Waals surface area contributed by atoms with E-state index in [2.05, 4.69) is 5.32 Å². The van der Waals surface area contributed by atoms with Crippen molar-refractivity contribution in [2.75, 3.05) is 12.4 Å². The van der Waals surface area contributed by atoms with Crippen molar-refractivity contribution in [3.8, 4) is 11.5 Å². The van der Waals surface area contributed by atoms with Crippen molar-refractivity contribution in [1.29, 1.82) is 0 Å². The van der Waals surface area contributed by atoms with E-state index in [4.69, 9.17) is 4.74 Å². The van der Waals surface area contributed by atoms with Crippen molar-refractivity contribution in [3.63, 3.8) is 0 Å². The van der Waals surface area contributed by atoms with Gasteiger partial charge < -0.3 is 15.2 Å². The van der Waals surface area contributed by atoms with E-state index in [9.17, 15) is 9.90 Å². The Morgan fingerprint density at radius 1 is 1.23 bits per heavy atom. The summed E-state index contributed by atoms with van der Waals surface area (Å²) >= 11 is 0. The SMILES string of the molecule is COc1ccccc1C(=O)Nc1cc(C(C)C)c(O)cc1C. The Labute approximate surface area is 130 Å². The highest BCUT2D eigenvalue weighted by atomic mass is 16.5. The predicted molar refractivity (Wildman–Crippen MR) is 87.9 cm³/mol. The van der Waals surface area contributed by atoms with Gasteiger partial charge in [0.1, 0.15) is 11.5 Å². The van der Waals surface area contributed by atoms with Crippen LogP contribution in [0.4, 0.5) is 5.69 Å². The topological polar surface area (TPSA) is 58.6 Å². The third kappa shape index (κ3) is 3.22. The molecule has 0 fully saturated rings. The van der Waals surface area contributed by atoms with Crippen molar-refractivity contribution in [2.45, 2.75) is 26.7 Å². The van der Waals surface area contributed by atoms with Gasteiger partial charge in [-0.1, -0.05) is 26.0 Å². The molecule has 0 aliphatic heterocycles. The molecule has 22 heavy (non-hydrogen) atoms. The molecule has 0 aliphatic carbocycles. The van der Waals surface area contributed by atoms with Crippen LogP contribution in [0.3, 0.4) is 0 Å². The van der Waals surface area contributed by atoms with Gasteiger partial charge in [-0.3, -0.25) is 4.79 Å². The van der Waals surface area contributed by atoms with Crippen LogP contribution < -0.4 is 10.1 Å². The summed E-state index contributed by atoms with van der Waals surface area (Å²) in [6.45, 7) is 5.84. The zero-order valence-electron chi connectivity index (χ0n) is 13.3. The summed E-state index contributed by atoms with van der Waals surface area (Å²) in [7, 11) is 1.54. The number of nitrogens with one attached hydrogen (secondary N) is 1. The average Bonchev–Trinajstić information content (AvgIpc) is 2.49. The number of phenols is 1. The summed E-state index contributed by atoms with van der Waals surface area (Å²) in [6.07, 6.45) is 0. The van der Waals surface area contributed by atoms with Crippen LogP contribution in [0.2, 0.25) is 0 Å². The maximum atomic E-state index is 12.5. The van der Waals surface area contributed by atoms with E-state index in [0.717, 1.165) is 11.1 Å². The van der Waals surface area contributed by atoms with Gasteiger partial charge in [0.25, 0.3) is 5.91 Å². The van der Waals surface area contributed by atoms with E-state index >= 15 is 0 Å². The highest BCUT2D eigenvalue weighted by Gasteiger charge is 2.15. The summed E-state index contributed by atoms with van der Waals surface area (Å²) in [6, 6.07) is 10.6. The molecule has 2 aromatic rings. The summed E-state index contributed by atoms with van der Waals surface area (Å²) in [5, 5.41) is 12.9. The number of methoxy groups -OCH3 is 1. The van der Waals surface area contributed by atoms with Crippen LogP contribution in [0, 0.1) is 6.92 Å². The molecule has 4 nitrogen and oxygen atoms in total. The van der Waals surface area contributed by atoms with E-state index in [-0.39, 0.29) is 17.6 Å². The second kappa shape index (κ2) is 6.52. The third-order valence-electron chi connectivity index (χ3n) is 3.60. The molecule has 4 heteroatoms. The number of rotatable bonds is 4. The number of phenolic OH excluding ortho intramolecular Hbond substituents is 1. The van der Waals surface area contributed by atoms with E-state index in [1.807, 2.05) is 32.9 Å². The summed E-state index contributed by atoms with van der Waals surface area (Å²) in [5.41, 5.74) is 2.78. The highest BCUT2D eigenvalue weighted by molar-refractivity contribution is 6.06. The molecule has 2 N–H and O–H groups in total. The van der Waals surface area contributed by atoms with Crippen LogP contribution in [0.5, 0.6) is 11.5 Å². The number of aromatic hydroxyl groups is 1. The predicted octanol–water partition coefficient (Wildman–Crippen LogP) is 4.08. The molecule has 2 rings (SSSR count). The standard InChI is InChI=1S/C18H21NO3/c1-11(2)14-10-15(12(3)9-16(14)20)19-18(21)13-7-5-6-8-17(13)22-4/h5-11,20H,1-4H3,(H,19,21). The number of amides is 1. The summed E-state index contributed by atoms with van der Waals surface area (Å²) < 4.78 is 5.21. The molecule has 0 spiro atoms. The molecule has 0 unspecified atom stereocenters. The lowest BCUT2D eigenvalue weighted by atomic mass is 9.99. The van der Waals surface area contributed by atoms with Crippen molar-refractivity contribution < 1.29 is 14.6 Å². The van der Waals surface area contributed by atoms with Crippen molar-refractivity contribution >= 4 is 11.6 Å². The van der Waals surface area contributed by atoms with E-state index in [0.29, 0.717) is 17.0 Å². The fourth-order valence-corrected chi connectivity index (χ4v) is 2.33. The lowest BCUT2D eigenvalue weighted by Crippen LogP contribution is -2.14. The Hall–Kier alpha value is -2.49. The van der Waals surface area contributed by atoms with Crippen LogP contribution in [-0.4, -0.2) is 18.1 Å². The van der Waals surface area contributed by atoms with Gasteiger partial charge in [0.05, 0.1) is 12.7 Å². The average molecular weight is 299 g/mol. The van der Waals surface area contributed by atoms with Gasteiger partial charge in [-0.15, -0.1) is 0 Å². The van der Waals surface area contributed by atoms with E-state index in [1.54, 1.807) is 24.3 Å². The van der Waals surface area contributed by atoms with Gasteiger partial charge in [0.15, 0.2) is 0 Å². The van der Waals surface area contributed by atoms with Crippen LogP contribution in [0.15, 0.2) is 36.4 Å². The molecule has 0 aliphatic rings. The summed E-state index contributed by atoms with van der Waals surface area (Å²) in [5.74, 6) is 0.715. The van der Waals surface area contributed by atoms with Crippen LogP contribution >= 0.6 is 0 Å². The van der Waals surface area contributed by atoms with Crippen LogP contribution in [0.1, 0.15) is 41.3 Å². The zero-order valence-corrected chi connectivity index (χ0v) is 13.3. The Morgan fingerprint density at radius 2 is 1.91 bits per heavy atom. The van der Waals surface area contributed by atoms with Gasteiger partial charge >= 0.3 is 0 Å². The molecular weight excluding hydrogens is 278 g/mol. The molecule has 0 aromatic heterocycles. The number of hydrogen-bond donors (Lipinski definition) is 2. The van der Waals surface area contributed by atoms with Crippen LogP contribution in [-0.2, 0) is 0 Å². The lowest BCUT2D eigenvalue weighted by molar-refractivity contribution is 0.102. The minimum atomic E-state index is -0.235. The minimum Gasteiger partial charge on any atom is -0.508 e. The first-order chi connectivity index (χ1) is 10.4. The Morgan fingerprint density at radius 3 is 2.55 bits per heavy atom. The molecule has 2 aromatic carbocycles. The third-order valence-corrected chi connectivity index (χ3v) is 3.60. The molecule has 0 bridgehead atoms. The number of anilines is 1. The monoisotopic (exact) mass is 299 g/mol. The fraction of sp³-hybridized carbons (Fsp3) is 0.278. The molecular formula is C18H21NO3. The van der Waals surface area contributed by atoms with Gasteiger partial charge in [-0.05, 0) is 48.2 Å². The van der Waals surface area contributed by atoms with Gasteiger partial charge in [-0.25, -0.2) is 0 Å². The number of ether oxygens (including phenoxy) is 1. The second-order valence-corrected chi connectivity index (χ2v) is 5.54. The zero-order chi connectivity index (χ0) is 16.3. The number of aryl methyl sites for hydroxylation is 1. The Balaban J connectivity index is 2.34. The maximum Gasteiger partial charge on any atom is 0.259 e. The molecule has 0 atom stereocenters. The second-order valence-electron chi connectivity index (χ2n) is 5.54. The first-order valence-corrected chi connectivity index (χ1v) is 7.22. The Kier molecular flexibility index (Phi) is 4.71. The van der Waals surface area contributed by atoms with Crippen LogP contribution in [0.25, 0.3) is 0 Å². The first kappa shape index (κ1) is 15.9. The largest absolute Gasteiger partial charge is 0.508 e. The quantitative estimate of drug-likeness (QED) is 0.836. The lowest BCUT2D eigenvalue weighted by Gasteiger charge is -2.15. The fourth-order valence-electron chi connectivity index (χ4n) is 2.33. The molecule has 0 radical (unpaired) electrons. The van der Waals surface area contributed by atoms with Gasteiger partial charge in [0.2, 0.25) is 0 Å². The number of carbonyl (C=O) groups is 1. The molecule has 0 saturated carbocycles. The van der Waals surface area contributed by atoms with Gasteiger partial charge in [-0.2, -0.15) is 0 Å². The van der Waals surface area contributed by atoms with Gasteiger partial charge in [0, 0.05) is 5.69 Å². The normalized spacial score (nSPS) is 10.6. The number of para-hydroxylation sites is 1. The summed E-state index contributed by atoms with van der Waals surface area (Å²) in [4.78, 5) is 12.5. The Bertz CT molecular complexity index is 693. The molecule has 0 heterocycles. The number of hydrogen-bond acceptors (Lipinski definition) is 3. The smallest absolute Gasteiger partial charge is 0.259 e. The number of benzene rings is 2. The first-order valence-electron chi connectivity index (χ1n) is 7.22. The highest BCUT2D eigenvalue weighted by Crippen LogP contribution is 2.31. The van der Waals surface area contributed by atoms with Crippen molar-refractivity contribution in [1.82, 2.24) is 0 Å². The van der Waals surface area contributed by atoms with Crippen molar-refractivity contribution in [2.24, 2.45) is 0 Å². The molecule has 116 valence electrons. The minimum absolute atomic E-state index is 0.169. The van der Waals surface area contributed by atoms with Crippen molar-refractivity contribution in [3.05, 3.63) is 53.1 Å². The molecule has 0 saturated heterocycles. The van der Waals surface area contributed by atoms with E-state index in [1.165, 1.54) is 7.11 Å². The number of carbonyl (C=O) groups excluding carboxylic acids is 1. The maximum absolute atomic E-state index is 12.5. The molecule has 1 amide bonds.